The molecule has 0 aromatic heterocycles. The number of allylic oxidation sites excluding steroid dienone is 4. The van der Waals surface area contributed by atoms with Crippen molar-refractivity contribution in [3.63, 3.8) is 0 Å². The zero-order valence-electron chi connectivity index (χ0n) is 37.1. The first-order chi connectivity index (χ1) is 30.7. The molecule has 3 saturated heterocycles. The third-order valence-electron chi connectivity index (χ3n) is 12.5. The molecule has 15 heteroatoms. The summed E-state index contributed by atoms with van der Waals surface area (Å²) in [6.45, 7) is 4.63. The Balaban J connectivity index is 0.992. The summed E-state index contributed by atoms with van der Waals surface area (Å²) < 4.78 is 58.8. The van der Waals surface area contributed by atoms with E-state index in [4.69, 9.17) is 47.4 Å². The fourth-order valence-corrected chi connectivity index (χ4v) is 9.23. The number of rotatable bonds is 21. The van der Waals surface area contributed by atoms with Gasteiger partial charge in [-0.15, -0.1) is 0 Å². The van der Waals surface area contributed by atoms with Gasteiger partial charge >= 0.3 is 12.1 Å². The average Bonchev–Trinajstić information content (AvgIpc) is 3.92. The van der Waals surface area contributed by atoms with Crippen LogP contribution in [0, 0.1) is 11.8 Å². The van der Waals surface area contributed by atoms with E-state index >= 15 is 0 Å². The van der Waals surface area contributed by atoms with E-state index in [1.165, 1.54) is 52.7 Å². The first-order valence-electron chi connectivity index (χ1n) is 22.8. The van der Waals surface area contributed by atoms with Gasteiger partial charge in [-0.05, 0) is 81.2 Å². The maximum absolute atomic E-state index is 13.5. The Kier molecular flexibility index (Phi) is 16.5. The molecule has 9 atom stereocenters. The summed E-state index contributed by atoms with van der Waals surface area (Å²) in [5.74, 6) is -0.323. The zero-order chi connectivity index (χ0) is 44.3. The van der Waals surface area contributed by atoms with Crippen molar-refractivity contribution in [2.45, 2.75) is 140 Å². The molecule has 15 nitrogen and oxygen atoms in total. The van der Waals surface area contributed by atoms with Crippen LogP contribution in [0.2, 0.25) is 0 Å². The van der Waals surface area contributed by atoms with E-state index < -0.39 is 54.9 Å². The Morgan fingerprint density at radius 1 is 0.841 bits per heavy atom. The molecule has 0 bridgehead atoms. The number of carbonyl (C=O) groups excluding carboxylic acids is 2. The molecule has 3 fully saturated rings. The molecule has 346 valence electrons. The Morgan fingerprint density at radius 2 is 1.56 bits per heavy atom. The summed E-state index contributed by atoms with van der Waals surface area (Å²) in [7, 11) is 2.94. The number of aliphatic hydroxyl groups is 2. The van der Waals surface area contributed by atoms with Crippen LogP contribution in [0.5, 0.6) is 34.5 Å². The first-order valence-corrected chi connectivity index (χ1v) is 22.8. The van der Waals surface area contributed by atoms with E-state index in [9.17, 15) is 19.8 Å². The second-order valence-corrected chi connectivity index (χ2v) is 16.9. The molecule has 5 aliphatic rings. The maximum atomic E-state index is 13.5. The van der Waals surface area contributed by atoms with Gasteiger partial charge in [-0.1, -0.05) is 69.8 Å². The summed E-state index contributed by atoms with van der Waals surface area (Å²) in [6, 6.07) is 5.29. The fraction of sp³-hybridized carbons (Fsp3) is 0.625. The van der Waals surface area contributed by atoms with Crippen LogP contribution in [0.3, 0.4) is 0 Å². The number of carbonyl (C=O) groups is 2. The van der Waals surface area contributed by atoms with E-state index in [0.29, 0.717) is 41.2 Å². The highest BCUT2D eigenvalue weighted by atomic mass is 16.8. The number of methoxy groups -OCH3 is 2. The van der Waals surface area contributed by atoms with Gasteiger partial charge in [0, 0.05) is 23.9 Å². The third-order valence-corrected chi connectivity index (χ3v) is 12.5. The van der Waals surface area contributed by atoms with Crippen molar-refractivity contribution in [3.8, 4) is 34.5 Å². The molecule has 4 heterocycles. The molecular formula is C48H65NO14. The van der Waals surface area contributed by atoms with Gasteiger partial charge in [-0.25, -0.2) is 4.79 Å². The van der Waals surface area contributed by atoms with Gasteiger partial charge in [0.2, 0.25) is 24.6 Å². The van der Waals surface area contributed by atoms with Gasteiger partial charge < -0.3 is 62.9 Å². The Bertz CT molecular complexity index is 1890. The van der Waals surface area contributed by atoms with Gasteiger partial charge in [0.25, 0.3) is 0 Å². The van der Waals surface area contributed by atoms with E-state index in [2.05, 4.69) is 36.5 Å². The lowest BCUT2D eigenvalue weighted by atomic mass is 9.67. The largest absolute Gasteiger partial charge is 0.493 e. The highest BCUT2D eigenvalue weighted by molar-refractivity contribution is 5.80. The van der Waals surface area contributed by atoms with Crippen molar-refractivity contribution in [2.24, 2.45) is 11.8 Å². The zero-order valence-corrected chi connectivity index (χ0v) is 37.1. The number of cyclic esters (lactones) is 1. The van der Waals surface area contributed by atoms with E-state index in [1.54, 1.807) is 19.1 Å². The number of amides is 1. The molecule has 0 radical (unpaired) electrons. The van der Waals surface area contributed by atoms with Crippen LogP contribution in [-0.4, -0.2) is 100 Å². The van der Waals surface area contributed by atoms with Crippen molar-refractivity contribution < 1.29 is 67.2 Å². The minimum Gasteiger partial charge on any atom is -0.493 e. The van der Waals surface area contributed by atoms with Gasteiger partial charge in [0.15, 0.2) is 29.3 Å². The molecule has 63 heavy (non-hydrogen) atoms. The lowest BCUT2D eigenvalue weighted by Crippen LogP contribution is -2.63. The van der Waals surface area contributed by atoms with Gasteiger partial charge in [-0.2, -0.15) is 0 Å². The van der Waals surface area contributed by atoms with Gasteiger partial charge in [0.05, 0.1) is 33.4 Å². The smallest absolute Gasteiger partial charge is 0.412 e. The number of hydrogen-bond acceptors (Lipinski definition) is 14. The molecule has 2 aromatic rings. The topological polar surface area (TPSA) is 179 Å². The Labute approximate surface area is 370 Å². The number of hydrogen-bond donors (Lipinski definition) is 3. The Morgan fingerprint density at radius 3 is 2.29 bits per heavy atom. The minimum atomic E-state index is -1.47. The molecule has 0 spiro atoms. The van der Waals surface area contributed by atoms with Gasteiger partial charge in [-0.3, -0.25) is 4.79 Å². The maximum Gasteiger partial charge on any atom is 0.412 e. The van der Waals surface area contributed by atoms with Crippen molar-refractivity contribution >= 4 is 12.1 Å². The molecule has 2 aromatic carbocycles. The standard InChI is InChI=1S/C48H65NO14/c1-5-6-7-8-9-10-11-12-13-14-15-16-17-18-19-20-21-49-48(53)63-43-34(54-3)23-30(24-35(43)55-4)38-32-25-36-45(59-28-58-36)42(33(32)22-31-26-57-46(52)39(31)38)62-47-41(51)40(50)44-37(61-47)27-56-29(2)60-44/h9-10,12-13,23-25,29,31,37-41,44,47,50-51H,5-8,11,14-22,26-28H2,1-4H3,(H,49,53)/t29-,31+,37-,38-,39?,40-,41-,44?,47+/m1/s1. The molecule has 0 saturated carbocycles. The molecule has 7 rings (SSSR count). The summed E-state index contributed by atoms with van der Waals surface area (Å²) >= 11 is 0. The SMILES string of the molecule is CCCCCC=CCC=CCCCCCCCCNC(=O)Oc1c(OC)cc([C@@H]2c3cc4c(c(O[C@@H]5O[C@@H]6CO[C@@H](C)OC6[C@H](O)[C@H]5O)c3C[C@H]3COC(=O)C32)OCO4)cc1OC. The van der Waals surface area contributed by atoms with Crippen LogP contribution in [0.1, 0.15) is 114 Å². The van der Waals surface area contributed by atoms with Crippen LogP contribution in [0.4, 0.5) is 4.79 Å². The fourth-order valence-electron chi connectivity index (χ4n) is 9.23. The molecule has 2 unspecified atom stereocenters. The third kappa shape index (κ3) is 11.1. The van der Waals surface area contributed by atoms with Crippen LogP contribution in [-0.2, 0) is 30.2 Å². The van der Waals surface area contributed by atoms with Crippen molar-refractivity contribution in [3.05, 3.63) is 59.2 Å². The lowest BCUT2D eigenvalue weighted by Gasteiger charge is -2.45. The van der Waals surface area contributed by atoms with Crippen molar-refractivity contribution in [1.82, 2.24) is 5.32 Å². The molecule has 1 amide bonds. The van der Waals surface area contributed by atoms with Crippen LogP contribution >= 0.6 is 0 Å². The number of aliphatic hydroxyl groups excluding tert-OH is 2. The predicted octanol–water partition coefficient (Wildman–Crippen LogP) is 7.40. The number of benzene rings is 2. The summed E-state index contributed by atoms with van der Waals surface area (Å²) in [5, 5.41) is 25.1. The highest BCUT2D eigenvalue weighted by Crippen LogP contribution is 2.56. The normalized spacial score (nSPS) is 27.1. The molecule has 4 aliphatic heterocycles. The summed E-state index contributed by atoms with van der Waals surface area (Å²) in [4.78, 5) is 26.6. The minimum absolute atomic E-state index is 0.0825. The van der Waals surface area contributed by atoms with E-state index in [1.807, 2.05) is 6.07 Å². The van der Waals surface area contributed by atoms with Crippen LogP contribution < -0.4 is 33.7 Å². The number of esters is 1. The number of unbranched alkanes of at least 4 members (excludes halogenated alkanes) is 9. The van der Waals surface area contributed by atoms with E-state index in [0.717, 1.165) is 38.5 Å². The number of nitrogens with one attached hydrogen (secondary N) is 1. The average molecular weight is 880 g/mol. The van der Waals surface area contributed by atoms with Gasteiger partial charge in [0.1, 0.15) is 24.4 Å². The second kappa shape index (κ2) is 22.4. The highest BCUT2D eigenvalue weighted by Gasteiger charge is 2.52. The Hall–Kier alpha value is -4.54. The summed E-state index contributed by atoms with van der Waals surface area (Å²) in [6.07, 6.45) is 16.2. The number of fused-ring (bicyclic) bond motifs is 4. The monoisotopic (exact) mass is 879 g/mol. The number of ether oxygens (including phenoxy) is 10. The second-order valence-electron chi connectivity index (χ2n) is 16.9. The van der Waals surface area contributed by atoms with E-state index in [-0.39, 0.29) is 54.9 Å². The first kappa shape index (κ1) is 46.5. The van der Waals surface area contributed by atoms with Crippen molar-refractivity contribution in [2.75, 3.05) is 40.8 Å². The molecular weight excluding hydrogens is 815 g/mol. The lowest BCUT2D eigenvalue weighted by molar-refractivity contribution is -0.344. The van der Waals surface area contributed by atoms with Crippen molar-refractivity contribution in [1.29, 1.82) is 0 Å². The predicted molar refractivity (Wildman–Crippen MR) is 231 cm³/mol. The summed E-state index contributed by atoms with van der Waals surface area (Å²) in [5.41, 5.74) is 2.03. The van der Waals surface area contributed by atoms with Crippen LogP contribution in [0.25, 0.3) is 0 Å². The molecule has 1 aliphatic carbocycles. The van der Waals surface area contributed by atoms with Crippen LogP contribution in [0.15, 0.2) is 42.5 Å². The molecule has 3 N–H and O–H groups in total. The quantitative estimate of drug-likeness (QED) is 0.0642.